The lowest BCUT2D eigenvalue weighted by molar-refractivity contribution is 0.148. The highest BCUT2D eigenvalue weighted by molar-refractivity contribution is 9.10. The molecule has 3 atom stereocenters. The van der Waals surface area contributed by atoms with Gasteiger partial charge in [0.15, 0.2) is 5.17 Å². The first kappa shape index (κ1) is 14.9. The molecule has 1 aliphatic rings. The molecule has 0 spiro atoms. The van der Waals surface area contributed by atoms with Crippen LogP contribution in [0.2, 0.25) is 0 Å². The van der Waals surface area contributed by atoms with Crippen LogP contribution in [0.25, 0.3) is 0 Å². The zero-order valence-corrected chi connectivity index (χ0v) is 13.7. The largest absolute Gasteiger partial charge is 0.373 e. The maximum absolute atomic E-state index is 9.95. The van der Waals surface area contributed by atoms with Crippen LogP contribution in [-0.2, 0) is 0 Å². The molecule has 104 valence electrons. The number of benzene rings is 1. The predicted octanol–water partition coefficient (Wildman–Crippen LogP) is 3.55. The average Bonchev–Trinajstić information content (AvgIpc) is 2.70. The summed E-state index contributed by atoms with van der Waals surface area (Å²) >= 11 is 5.18. The minimum absolute atomic E-state index is 0.0590. The van der Waals surface area contributed by atoms with E-state index in [1.54, 1.807) is 11.8 Å². The molecule has 19 heavy (non-hydrogen) atoms. The number of aliphatic imine (C=N–C) groups is 1. The molecule has 0 bridgehead atoms. The van der Waals surface area contributed by atoms with Gasteiger partial charge in [0.25, 0.3) is 0 Å². The van der Waals surface area contributed by atoms with Gasteiger partial charge in [0.2, 0.25) is 0 Å². The smallest absolute Gasteiger partial charge is 0.159 e. The molecule has 1 aromatic carbocycles. The molecule has 1 aliphatic heterocycles. The molecule has 0 amide bonds. The summed E-state index contributed by atoms with van der Waals surface area (Å²) in [7, 11) is 0. The summed E-state index contributed by atoms with van der Waals surface area (Å²) in [6, 6.07) is 8.15. The Hall–Kier alpha value is -0.520. The van der Waals surface area contributed by atoms with Crippen molar-refractivity contribution in [1.29, 1.82) is 0 Å². The summed E-state index contributed by atoms with van der Waals surface area (Å²) in [6.07, 6.45) is -0.504. The van der Waals surface area contributed by atoms with Gasteiger partial charge in [-0.2, -0.15) is 0 Å². The Kier molecular flexibility index (Phi) is 4.92. The van der Waals surface area contributed by atoms with Crippen molar-refractivity contribution in [3.63, 3.8) is 0 Å². The maximum atomic E-state index is 9.95. The summed E-state index contributed by atoms with van der Waals surface area (Å²) in [4.78, 5) is 4.67. The molecule has 0 aliphatic carbocycles. The van der Waals surface area contributed by atoms with Crippen molar-refractivity contribution >= 4 is 32.9 Å². The van der Waals surface area contributed by atoms with E-state index in [0.29, 0.717) is 5.92 Å². The second-order valence-corrected chi connectivity index (χ2v) is 7.07. The van der Waals surface area contributed by atoms with Gasteiger partial charge in [-0.1, -0.05) is 59.7 Å². The maximum Gasteiger partial charge on any atom is 0.159 e. The summed E-state index contributed by atoms with van der Waals surface area (Å²) < 4.78 is 1.07. The summed E-state index contributed by atoms with van der Waals surface area (Å²) in [5.41, 5.74) is 1.15. The molecule has 1 heterocycles. The highest BCUT2D eigenvalue weighted by Gasteiger charge is 2.32. The van der Waals surface area contributed by atoms with Crippen LogP contribution < -0.4 is 5.32 Å². The lowest BCUT2D eigenvalue weighted by Crippen LogP contribution is -2.33. The Morgan fingerprint density at radius 2 is 2.00 bits per heavy atom. The fourth-order valence-electron chi connectivity index (χ4n) is 2.06. The zero-order valence-electron chi connectivity index (χ0n) is 11.3. The molecule has 1 fully saturated rings. The fraction of sp³-hybridized carbons (Fsp3) is 0.500. The van der Waals surface area contributed by atoms with Crippen molar-refractivity contribution in [3.05, 3.63) is 34.3 Å². The Labute approximate surface area is 127 Å². The van der Waals surface area contributed by atoms with Gasteiger partial charge < -0.3 is 10.4 Å². The third-order valence-corrected chi connectivity index (χ3v) is 5.40. The van der Waals surface area contributed by atoms with Gasteiger partial charge in [0.05, 0.1) is 11.3 Å². The number of nitrogens with zero attached hydrogens (tertiary/aromatic N) is 1. The topological polar surface area (TPSA) is 44.6 Å². The Morgan fingerprint density at radius 3 is 2.58 bits per heavy atom. The van der Waals surface area contributed by atoms with Crippen molar-refractivity contribution in [3.8, 4) is 0 Å². The number of aliphatic hydroxyl groups excluding tert-OH is 1. The first-order valence-corrected chi connectivity index (χ1v) is 8.09. The SMILES string of the molecule is CC(C)C1SC(=N[C@@H](C)c2ccccc2Br)N[C@H]1O. The molecule has 0 radical (unpaired) electrons. The van der Waals surface area contributed by atoms with Gasteiger partial charge in [-0.15, -0.1) is 0 Å². The monoisotopic (exact) mass is 342 g/mol. The Morgan fingerprint density at radius 1 is 1.32 bits per heavy atom. The van der Waals surface area contributed by atoms with Crippen LogP contribution in [0.4, 0.5) is 0 Å². The third kappa shape index (κ3) is 3.52. The molecule has 3 nitrogen and oxygen atoms in total. The number of aliphatic hydroxyl groups is 1. The quantitative estimate of drug-likeness (QED) is 0.882. The number of thioether (sulfide) groups is 1. The first-order valence-electron chi connectivity index (χ1n) is 6.42. The van der Waals surface area contributed by atoms with E-state index in [2.05, 4.69) is 53.1 Å². The first-order chi connectivity index (χ1) is 8.99. The number of hydrogen-bond acceptors (Lipinski definition) is 3. The van der Waals surface area contributed by atoms with Gasteiger partial charge in [-0.05, 0) is 24.5 Å². The van der Waals surface area contributed by atoms with Crippen molar-refractivity contribution in [2.75, 3.05) is 0 Å². The highest BCUT2D eigenvalue weighted by Crippen LogP contribution is 2.31. The van der Waals surface area contributed by atoms with Crippen molar-refractivity contribution in [2.45, 2.75) is 38.3 Å². The van der Waals surface area contributed by atoms with Crippen molar-refractivity contribution in [1.82, 2.24) is 5.32 Å². The number of rotatable bonds is 3. The summed E-state index contributed by atoms with van der Waals surface area (Å²) in [6.45, 7) is 6.29. The molecule has 2 N–H and O–H groups in total. The highest BCUT2D eigenvalue weighted by atomic mass is 79.9. The second-order valence-electron chi connectivity index (χ2n) is 5.05. The molecular weight excluding hydrogens is 324 g/mol. The predicted molar refractivity (Wildman–Crippen MR) is 85.4 cm³/mol. The second kappa shape index (κ2) is 6.29. The average molecular weight is 343 g/mol. The van der Waals surface area contributed by atoms with Crippen LogP contribution in [0.5, 0.6) is 0 Å². The molecular formula is C14H19BrN2OS. The van der Waals surface area contributed by atoms with Crippen molar-refractivity contribution < 1.29 is 5.11 Å². The molecule has 0 aromatic heterocycles. The summed E-state index contributed by atoms with van der Waals surface area (Å²) in [5.74, 6) is 0.416. The molecule has 1 aromatic rings. The van der Waals surface area contributed by atoms with E-state index in [1.165, 1.54) is 0 Å². The number of hydrogen-bond donors (Lipinski definition) is 2. The summed E-state index contributed by atoms with van der Waals surface area (Å²) in [5, 5.41) is 14.0. The zero-order chi connectivity index (χ0) is 14.0. The Balaban J connectivity index is 2.13. The Bertz CT molecular complexity index is 478. The molecule has 1 unspecified atom stereocenters. The van der Waals surface area contributed by atoms with Crippen molar-refractivity contribution in [2.24, 2.45) is 10.9 Å². The van der Waals surface area contributed by atoms with E-state index in [0.717, 1.165) is 15.2 Å². The third-order valence-electron chi connectivity index (χ3n) is 3.15. The van der Waals surface area contributed by atoms with E-state index in [-0.39, 0.29) is 11.3 Å². The van der Waals surface area contributed by atoms with Crippen LogP contribution in [0.1, 0.15) is 32.4 Å². The normalized spacial score (nSPS) is 26.7. The van der Waals surface area contributed by atoms with Crippen LogP contribution in [0.3, 0.4) is 0 Å². The van der Waals surface area contributed by atoms with Gasteiger partial charge in [0.1, 0.15) is 6.23 Å². The molecule has 1 saturated heterocycles. The van der Waals surface area contributed by atoms with Crippen LogP contribution in [0.15, 0.2) is 33.7 Å². The van der Waals surface area contributed by atoms with Crippen LogP contribution in [-0.4, -0.2) is 21.8 Å². The number of halogens is 1. The van der Waals surface area contributed by atoms with Crippen LogP contribution >= 0.6 is 27.7 Å². The lowest BCUT2D eigenvalue weighted by Gasteiger charge is -2.15. The van der Waals surface area contributed by atoms with Crippen LogP contribution in [0, 0.1) is 5.92 Å². The van der Waals surface area contributed by atoms with E-state index in [9.17, 15) is 5.11 Å². The van der Waals surface area contributed by atoms with E-state index < -0.39 is 6.23 Å². The van der Waals surface area contributed by atoms with Gasteiger partial charge >= 0.3 is 0 Å². The fourth-order valence-corrected chi connectivity index (χ4v) is 3.81. The molecule has 0 saturated carbocycles. The van der Waals surface area contributed by atoms with E-state index in [1.807, 2.05) is 18.2 Å². The lowest BCUT2D eigenvalue weighted by atomic mass is 10.1. The molecule has 2 rings (SSSR count). The molecule has 5 heteroatoms. The van der Waals surface area contributed by atoms with Gasteiger partial charge in [0, 0.05) is 4.47 Å². The van der Waals surface area contributed by atoms with Gasteiger partial charge in [-0.3, -0.25) is 4.99 Å². The number of amidine groups is 1. The minimum Gasteiger partial charge on any atom is -0.373 e. The minimum atomic E-state index is -0.504. The number of nitrogens with one attached hydrogen (secondary N) is 1. The van der Waals surface area contributed by atoms with Gasteiger partial charge in [-0.25, -0.2) is 0 Å². The van der Waals surface area contributed by atoms with E-state index in [4.69, 9.17) is 0 Å². The standard InChI is InChI=1S/C14H19BrN2OS/c1-8(2)12-13(18)17-14(19-12)16-9(3)10-6-4-5-7-11(10)15/h4-9,12-13,18H,1-3H3,(H,16,17)/t9-,12?,13-/m0/s1. The van der Waals surface area contributed by atoms with E-state index >= 15 is 0 Å².